The van der Waals surface area contributed by atoms with E-state index in [1.54, 1.807) is 7.11 Å². The van der Waals surface area contributed by atoms with Crippen molar-refractivity contribution in [3.8, 4) is 0 Å². The molecule has 1 aliphatic heterocycles. The fraction of sp³-hybridized carbons (Fsp3) is 0.647. The first-order valence-corrected chi connectivity index (χ1v) is 7.78. The Kier molecular flexibility index (Phi) is 5.58. The van der Waals surface area contributed by atoms with E-state index in [-0.39, 0.29) is 5.54 Å². The van der Waals surface area contributed by atoms with Gasteiger partial charge in [0.05, 0.1) is 6.61 Å². The zero-order chi connectivity index (χ0) is 14.4. The molecule has 1 fully saturated rings. The van der Waals surface area contributed by atoms with Crippen LogP contribution in [-0.4, -0.2) is 43.8 Å². The molecule has 1 unspecified atom stereocenters. The summed E-state index contributed by atoms with van der Waals surface area (Å²) in [5.74, 6) is 0. The van der Waals surface area contributed by atoms with Crippen LogP contribution in [0.1, 0.15) is 38.3 Å². The number of hydrogen-bond donors (Lipinski definition) is 1. The number of nitrogens with zero attached hydrogens (tertiary/aromatic N) is 1. The Hall–Kier alpha value is -0.900. The van der Waals surface area contributed by atoms with Crippen molar-refractivity contribution in [3.05, 3.63) is 35.9 Å². The molecule has 0 aliphatic carbocycles. The Balaban J connectivity index is 2.12. The minimum absolute atomic E-state index is 0.282. The summed E-state index contributed by atoms with van der Waals surface area (Å²) in [5, 5.41) is 3.75. The Labute approximate surface area is 123 Å². The highest BCUT2D eigenvalue weighted by Crippen LogP contribution is 2.30. The molecule has 0 amide bonds. The number of piperazine rings is 1. The Bertz CT molecular complexity index is 389. The summed E-state index contributed by atoms with van der Waals surface area (Å²) >= 11 is 0. The third-order valence-corrected chi connectivity index (χ3v) is 4.83. The third kappa shape index (κ3) is 3.22. The SMILES string of the molecule is CCC1(CC)CNC(c2ccccc2)CN1CCOC. The monoisotopic (exact) mass is 276 g/mol. The van der Waals surface area contributed by atoms with E-state index in [1.807, 2.05) is 0 Å². The van der Waals surface area contributed by atoms with Gasteiger partial charge in [-0.25, -0.2) is 0 Å². The van der Waals surface area contributed by atoms with Crippen molar-refractivity contribution in [1.82, 2.24) is 10.2 Å². The van der Waals surface area contributed by atoms with Crippen LogP contribution in [0.3, 0.4) is 0 Å². The van der Waals surface area contributed by atoms with E-state index in [0.29, 0.717) is 6.04 Å². The van der Waals surface area contributed by atoms with E-state index in [4.69, 9.17) is 4.74 Å². The largest absolute Gasteiger partial charge is 0.383 e. The van der Waals surface area contributed by atoms with E-state index in [9.17, 15) is 0 Å². The van der Waals surface area contributed by atoms with Crippen molar-refractivity contribution in [2.24, 2.45) is 0 Å². The van der Waals surface area contributed by atoms with Crippen molar-refractivity contribution >= 4 is 0 Å². The fourth-order valence-corrected chi connectivity index (χ4v) is 3.29. The van der Waals surface area contributed by atoms with Gasteiger partial charge in [-0.3, -0.25) is 4.90 Å². The number of methoxy groups -OCH3 is 1. The first-order valence-electron chi connectivity index (χ1n) is 7.78. The zero-order valence-electron chi connectivity index (χ0n) is 13.1. The van der Waals surface area contributed by atoms with Crippen LogP contribution in [0.25, 0.3) is 0 Å². The van der Waals surface area contributed by atoms with E-state index in [1.165, 1.54) is 18.4 Å². The first kappa shape index (κ1) is 15.5. The summed E-state index contributed by atoms with van der Waals surface area (Å²) in [6.07, 6.45) is 2.36. The molecule has 3 heteroatoms. The molecule has 1 N–H and O–H groups in total. The Morgan fingerprint density at radius 1 is 1.25 bits per heavy atom. The molecule has 112 valence electrons. The van der Waals surface area contributed by atoms with Crippen LogP contribution in [0.5, 0.6) is 0 Å². The maximum absolute atomic E-state index is 5.31. The number of hydrogen-bond acceptors (Lipinski definition) is 3. The van der Waals surface area contributed by atoms with Crippen LogP contribution >= 0.6 is 0 Å². The fourth-order valence-electron chi connectivity index (χ4n) is 3.29. The standard InChI is InChI=1S/C17H28N2O/c1-4-17(5-2)14-18-16(13-19(17)11-12-20-3)15-9-7-6-8-10-15/h6-10,16,18H,4-5,11-14H2,1-3H3. The van der Waals surface area contributed by atoms with Gasteiger partial charge in [-0.1, -0.05) is 44.2 Å². The maximum atomic E-state index is 5.31. The van der Waals surface area contributed by atoms with Gasteiger partial charge in [0.25, 0.3) is 0 Å². The molecule has 2 rings (SSSR count). The zero-order valence-corrected chi connectivity index (χ0v) is 13.1. The quantitative estimate of drug-likeness (QED) is 0.864. The predicted octanol–water partition coefficient (Wildman–Crippen LogP) is 2.84. The van der Waals surface area contributed by atoms with Gasteiger partial charge < -0.3 is 10.1 Å². The summed E-state index contributed by atoms with van der Waals surface area (Å²) in [7, 11) is 1.79. The summed E-state index contributed by atoms with van der Waals surface area (Å²) in [6, 6.07) is 11.2. The van der Waals surface area contributed by atoms with Crippen LogP contribution in [-0.2, 0) is 4.74 Å². The normalized spacial score (nSPS) is 22.9. The van der Waals surface area contributed by atoms with Gasteiger partial charge in [0.15, 0.2) is 0 Å². The number of nitrogens with one attached hydrogen (secondary N) is 1. The van der Waals surface area contributed by atoms with E-state index < -0.39 is 0 Å². The van der Waals surface area contributed by atoms with E-state index >= 15 is 0 Å². The number of rotatable bonds is 6. The molecule has 1 aromatic rings. The molecular weight excluding hydrogens is 248 g/mol. The van der Waals surface area contributed by atoms with Crippen LogP contribution in [0, 0.1) is 0 Å². The topological polar surface area (TPSA) is 24.5 Å². The lowest BCUT2D eigenvalue weighted by molar-refractivity contribution is 0.0120. The molecule has 3 nitrogen and oxygen atoms in total. The highest BCUT2D eigenvalue weighted by molar-refractivity contribution is 5.20. The van der Waals surface area contributed by atoms with Gasteiger partial charge in [-0.15, -0.1) is 0 Å². The Morgan fingerprint density at radius 3 is 2.55 bits per heavy atom. The highest BCUT2D eigenvalue weighted by Gasteiger charge is 2.38. The third-order valence-electron chi connectivity index (χ3n) is 4.83. The van der Waals surface area contributed by atoms with Crippen LogP contribution in [0.2, 0.25) is 0 Å². The average Bonchev–Trinajstić information content (AvgIpc) is 2.53. The van der Waals surface area contributed by atoms with Crippen molar-refractivity contribution in [2.45, 2.75) is 38.3 Å². The van der Waals surface area contributed by atoms with Gasteiger partial charge in [-0.2, -0.15) is 0 Å². The molecule has 1 atom stereocenters. The van der Waals surface area contributed by atoms with Crippen LogP contribution < -0.4 is 5.32 Å². The maximum Gasteiger partial charge on any atom is 0.0589 e. The minimum atomic E-state index is 0.282. The molecule has 1 saturated heterocycles. The molecular formula is C17H28N2O. The molecule has 0 spiro atoms. The molecule has 1 aliphatic rings. The molecule has 20 heavy (non-hydrogen) atoms. The van der Waals surface area contributed by atoms with Crippen molar-refractivity contribution in [1.29, 1.82) is 0 Å². The summed E-state index contributed by atoms with van der Waals surface area (Å²) in [4.78, 5) is 2.63. The van der Waals surface area contributed by atoms with Gasteiger partial charge in [0, 0.05) is 38.3 Å². The summed E-state index contributed by atoms with van der Waals surface area (Å²) < 4.78 is 5.31. The number of benzene rings is 1. The Morgan fingerprint density at radius 2 is 1.95 bits per heavy atom. The van der Waals surface area contributed by atoms with Gasteiger partial charge in [0.1, 0.15) is 0 Å². The summed E-state index contributed by atoms with van der Waals surface area (Å²) in [5.41, 5.74) is 1.67. The minimum Gasteiger partial charge on any atom is -0.383 e. The molecule has 0 saturated carbocycles. The molecule has 1 heterocycles. The molecule has 1 aromatic carbocycles. The van der Waals surface area contributed by atoms with Crippen molar-refractivity contribution in [3.63, 3.8) is 0 Å². The first-order chi connectivity index (χ1) is 9.75. The van der Waals surface area contributed by atoms with Gasteiger partial charge >= 0.3 is 0 Å². The van der Waals surface area contributed by atoms with E-state index in [0.717, 1.165) is 26.2 Å². The van der Waals surface area contributed by atoms with E-state index in [2.05, 4.69) is 54.4 Å². The number of ether oxygens (including phenoxy) is 1. The second kappa shape index (κ2) is 7.21. The molecule has 0 radical (unpaired) electrons. The second-order valence-corrected chi connectivity index (χ2v) is 5.71. The van der Waals surface area contributed by atoms with Crippen LogP contribution in [0.4, 0.5) is 0 Å². The predicted molar refractivity (Wildman–Crippen MR) is 83.9 cm³/mol. The lowest BCUT2D eigenvalue weighted by Gasteiger charge is -2.49. The van der Waals surface area contributed by atoms with Gasteiger partial charge in [-0.05, 0) is 18.4 Å². The van der Waals surface area contributed by atoms with Gasteiger partial charge in [0.2, 0.25) is 0 Å². The average molecular weight is 276 g/mol. The lowest BCUT2D eigenvalue weighted by Crippen LogP contribution is -2.62. The molecule has 0 bridgehead atoms. The second-order valence-electron chi connectivity index (χ2n) is 5.71. The van der Waals surface area contributed by atoms with Crippen LogP contribution in [0.15, 0.2) is 30.3 Å². The van der Waals surface area contributed by atoms with Crippen molar-refractivity contribution in [2.75, 3.05) is 33.4 Å². The summed E-state index contributed by atoms with van der Waals surface area (Å²) in [6.45, 7) is 8.55. The smallest absolute Gasteiger partial charge is 0.0589 e. The highest BCUT2D eigenvalue weighted by atomic mass is 16.5. The lowest BCUT2D eigenvalue weighted by atomic mass is 9.86. The molecule has 0 aromatic heterocycles. The van der Waals surface area contributed by atoms with Crippen molar-refractivity contribution < 1.29 is 4.74 Å².